The van der Waals surface area contributed by atoms with Gasteiger partial charge in [-0.25, -0.2) is 0 Å². The van der Waals surface area contributed by atoms with Gasteiger partial charge in [0.25, 0.3) is 0 Å². The molecule has 0 radical (unpaired) electrons. The molecular formula is C18H28O2. The molecule has 0 aliphatic carbocycles. The van der Waals surface area contributed by atoms with Crippen molar-refractivity contribution in [1.82, 2.24) is 0 Å². The lowest BCUT2D eigenvalue weighted by molar-refractivity contribution is -0.121. The highest BCUT2D eigenvalue weighted by Crippen LogP contribution is 2.28. The molecule has 1 aromatic carbocycles. The van der Waals surface area contributed by atoms with Crippen LogP contribution in [0.4, 0.5) is 0 Å². The van der Waals surface area contributed by atoms with Gasteiger partial charge in [-0.1, -0.05) is 52.7 Å². The molecular weight excluding hydrogens is 248 g/mol. The molecule has 1 rings (SSSR count). The van der Waals surface area contributed by atoms with E-state index in [2.05, 4.69) is 20.8 Å². The van der Waals surface area contributed by atoms with Crippen LogP contribution in [-0.2, 0) is 4.79 Å². The number of Topliss-reactive ketones (excluding diaryl/α,β-unsaturated/α-hetero) is 1. The molecule has 0 N–H and O–H groups in total. The van der Waals surface area contributed by atoms with E-state index >= 15 is 0 Å². The summed E-state index contributed by atoms with van der Waals surface area (Å²) in [7, 11) is 0. The highest BCUT2D eigenvalue weighted by molar-refractivity contribution is 5.85. The maximum Gasteiger partial charge on any atom is 0.140 e. The fourth-order valence-electron chi connectivity index (χ4n) is 2.48. The van der Waals surface area contributed by atoms with E-state index < -0.39 is 0 Å². The minimum absolute atomic E-state index is 0.00846. The molecule has 2 nitrogen and oxygen atoms in total. The van der Waals surface area contributed by atoms with Gasteiger partial charge in [-0.2, -0.15) is 0 Å². The fraction of sp³-hybridized carbons (Fsp3) is 0.611. The topological polar surface area (TPSA) is 26.3 Å². The summed E-state index contributed by atoms with van der Waals surface area (Å²) in [4.78, 5) is 12.1. The third-order valence-electron chi connectivity index (χ3n) is 3.62. The van der Waals surface area contributed by atoms with Gasteiger partial charge in [0.1, 0.15) is 11.5 Å². The molecule has 0 aliphatic rings. The van der Waals surface area contributed by atoms with Gasteiger partial charge in [-0.3, -0.25) is 4.79 Å². The molecule has 1 atom stereocenters. The first-order valence-corrected chi connectivity index (χ1v) is 7.85. The summed E-state index contributed by atoms with van der Waals surface area (Å²) in [5.41, 5.74) is 1.10. The predicted molar refractivity (Wildman–Crippen MR) is 84.3 cm³/mol. The van der Waals surface area contributed by atoms with Gasteiger partial charge in [0, 0.05) is 12.3 Å². The van der Waals surface area contributed by atoms with Gasteiger partial charge >= 0.3 is 0 Å². The Bertz CT molecular complexity index is 392. The Hall–Kier alpha value is -1.31. The van der Waals surface area contributed by atoms with Gasteiger partial charge in [0.15, 0.2) is 0 Å². The van der Waals surface area contributed by atoms with Gasteiger partial charge in [-0.15, -0.1) is 0 Å². The minimum Gasteiger partial charge on any atom is -0.494 e. The van der Waals surface area contributed by atoms with Crippen LogP contribution in [0.3, 0.4) is 0 Å². The number of unbranched alkanes of at least 4 members (excludes halogenated alkanes) is 2. The lowest BCUT2D eigenvalue weighted by Gasteiger charge is -2.19. The summed E-state index contributed by atoms with van der Waals surface area (Å²) in [6.45, 7) is 9.10. The highest BCUT2D eigenvalue weighted by Gasteiger charge is 2.22. The van der Waals surface area contributed by atoms with Crippen LogP contribution in [0.15, 0.2) is 24.3 Å². The van der Waals surface area contributed by atoms with E-state index in [9.17, 15) is 4.79 Å². The highest BCUT2D eigenvalue weighted by atomic mass is 16.5. The summed E-state index contributed by atoms with van der Waals surface area (Å²) >= 11 is 0. The molecule has 0 aliphatic heterocycles. The molecule has 2 heteroatoms. The van der Waals surface area contributed by atoms with E-state index in [0.717, 1.165) is 24.3 Å². The van der Waals surface area contributed by atoms with Gasteiger partial charge in [0.05, 0.1) is 6.61 Å². The van der Waals surface area contributed by atoms with Crippen LogP contribution in [0.5, 0.6) is 5.75 Å². The molecule has 0 fully saturated rings. The van der Waals surface area contributed by atoms with Crippen molar-refractivity contribution < 1.29 is 9.53 Å². The van der Waals surface area contributed by atoms with Crippen molar-refractivity contribution >= 4 is 5.78 Å². The Morgan fingerprint density at radius 1 is 1.10 bits per heavy atom. The molecule has 0 heterocycles. The predicted octanol–water partition coefficient (Wildman–Crippen LogP) is 4.97. The number of carbonyl (C=O) groups is 1. The van der Waals surface area contributed by atoms with Crippen molar-refractivity contribution in [3.63, 3.8) is 0 Å². The number of hydrogen-bond donors (Lipinski definition) is 0. The second kappa shape index (κ2) is 8.78. The van der Waals surface area contributed by atoms with Crippen molar-refractivity contribution in [2.24, 2.45) is 5.92 Å². The number of hydrogen-bond acceptors (Lipinski definition) is 2. The smallest absolute Gasteiger partial charge is 0.140 e. The van der Waals surface area contributed by atoms with E-state index in [1.807, 2.05) is 31.2 Å². The van der Waals surface area contributed by atoms with Crippen LogP contribution >= 0.6 is 0 Å². The molecule has 0 spiro atoms. The van der Waals surface area contributed by atoms with Crippen LogP contribution in [0.25, 0.3) is 0 Å². The Balaban J connectivity index is 2.66. The monoisotopic (exact) mass is 276 g/mol. The van der Waals surface area contributed by atoms with Crippen LogP contribution in [0.1, 0.15) is 64.9 Å². The van der Waals surface area contributed by atoms with Crippen LogP contribution in [0.2, 0.25) is 0 Å². The van der Waals surface area contributed by atoms with E-state index in [4.69, 9.17) is 4.74 Å². The van der Waals surface area contributed by atoms with Crippen molar-refractivity contribution in [3.8, 4) is 5.75 Å². The zero-order chi connectivity index (χ0) is 15.0. The Morgan fingerprint density at radius 2 is 1.75 bits per heavy atom. The zero-order valence-electron chi connectivity index (χ0n) is 13.3. The van der Waals surface area contributed by atoms with Crippen molar-refractivity contribution in [2.75, 3.05) is 6.61 Å². The van der Waals surface area contributed by atoms with Crippen molar-refractivity contribution in [1.29, 1.82) is 0 Å². The number of ketones is 1. The molecule has 1 aromatic rings. The van der Waals surface area contributed by atoms with Crippen molar-refractivity contribution in [2.45, 2.75) is 59.3 Å². The quantitative estimate of drug-likeness (QED) is 0.595. The first-order chi connectivity index (χ1) is 9.60. The van der Waals surface area contributed by atoms with E-state index in [-0.39, 0.29) is 5.92 Å². The lowest BCUT2D eigenvalue weighted by Crippen LogP contribution is -2.17. The second-order valence-electron chi connectivity index (χ2n) is 5.67. The van der Waals surface area contributed by atoms with Gasteiger partial charge in [0.2, 0.25) is 0 Å². The van der Waals surface area contributed by atoms with Crippen LogP contribution in [0, 0.1) is 5.92 Å². The van der Waals surface area contributed by atoms with E-state index in [0.29, 0.717) is 18.1 Å². The van der Waals surface area contributed by atoms with E-state index in [1.165, 1.54) is 12.8 Å². The Labute approximate surface area is 123 Å². The number of ether oxygens (including phenoxy) is 1. The molecule has 1 unspecified atom stereocenters. The lowest BCUT2D eigenvalue weighted by atomic mass is 9.84. The summed E-state index contributed by atoms with van der Waals surface area (Å²) < 4.78 is 5.71. The number of rotatable bonds is 9. The van der Waals surface area contributed by atoms with Crippen molar-refractivity contribution in [3.05, 3.63) is 29.8 Å². The number of carbonyl (C=O) groups excluding carboxylic acids is 1. The molecule has 0 amide bonds. The minimum atomic E-state index is 0.00846. The standard InChI is InChI=1S/C18H28O2/c1-5-7-8-13-20-16-11-9-15(10-12-16)18(14(3)4)17(19)6-2/h9-12,14,18H,5-8,13H2,1-4H3. The summed E-state index contributed by atoms with van der Waals surface area (Å²) in [5.74, 6) is 1.56. The third-order valence-corrected chi connectivity index (χ3v) is 3.62. The van der Waals surface area contributed by atoms with Gasteiger partial charge < -0.3 is 4.74 Å². The number of benzene rings is 1. The molecule has 0 aromatic heterocycles. The van der Waals surface area contributed by atoms with Crippen LogP contribution < -0.4 is 4.74 Å². The normalized spacial score (nSPS) is 12.4. The maximum atomic E-state index is 12.1. The molecule has 112 valence electrons. The Morgan fingerprint density at radius 3 is 2.25 bits per heavy atom. The summed E-state index contributed by atoms with van der Waals surface area (Å²) in [6.07, 6.45) is 4.11. The van der Waals surface area contributed by atoms with E-state index in [1.54, 1.807) is 0 Å². The summed E-state index contributed by atoms with van der Waals surface area (Å²) in [6, 6.07) is 8.04. The zero-order valence-corrected chi connectivity index (χ0v) is 13.3. The second-order valence-corrected chi connectivity index (χ2v) is 5.67. The molecule has 0 saturated carbocycles. The largest absolute Gasteiger partial charge is 0.494 e. The fourth-order valence-corrected chi connectivity index (χ4v) is 2.48. The SMILES string of the molecule is CCCCCOc1ccc(C(C(=O)CC)C(C)C)cc1. The average molecular weight is 276 g/mol. The average Bonchev–Trinajstić information content (AvgIpc) is 2.44. The Kier molecular flexibility index (Phi) is 7.35. The maximum absolute atomic E-state index is 12.1. The molecule has 20 heavy (non-hydrogen) atoms. The summed E-state index contributed by atoms with van der Waals surface area (Å²) in [5, 5.41) is 0. The van der Waals surface area contributed by atoms with Crippen LogP contribution in [-0.4, -0.2) is 12.4 Å². The molecule has 0 bridgehead atoms. The molecule has 0 saturated heterocycles. The van der Waals surface area contributed by atoms with Gasteiger partial charge in [-0.05, 0) is 30.0 Å². The first-order valence-electron chi connectivity index (χ1n) is 7.85. The first kappa shape index (κ1) is 16.7. The third kappa shape index (κ3) is 4.99.